The Kier molecular flexibility index (Phi) is 4.78. The van der Waals surface area contributed by atoms with E-state index < -0.39 is 6.04 Å². The summed E-state index contributed by atoms with van der Waals surface area (Å²) in [6.07, 6.45) is 0.467. The van der Waals surface area contributed by atoms with Crippen LogP contribution in [-0.2, 0) is 6.54 Å². The van der Waals surface area contributed by atoms with Crippen molar-refractivity contribution in [2.75, 3.05) is 0 Å². The first-order valence-electron chi connectivity index (χ1n) is 9.90. The van der Waals surface area contributed by atoms with Crippen LogP contribution in [0, 0.1) is 5.92 Å². The number of amides is 2. The molecule has 0 N–H and O–H groups in total. The molecule has 29 heavy (non-hydrogen) atoms. The maximum absolute atomic E-state index is 13.2. The number of imide groups is 1. The van der Waals surface area contributed by atoms with Crippen molar-refractivity contribution >= 4 is 22.7 Å². The van der Waals surface area contributed by atoms with Crippen LogP contribution < -0.4 is 5.56 Å². The zero-order valence-corrected chi connectivity index (χ0v) is 16.8. The zero-order chi connectivity index (χ0) is 20.7. The Morgan fingerprint density at radius 1 is 0.897 bits per heavy atom. The molecule has 0 saturated carbocycles. The average molecular weight is 389 g/mol. The van der Waals surface area contributed by atoms with Crippen molar-refractivity contribution in [3.63, 3.8) is 0 Å². The molecule has 1 atom stereocenters. The van der Waals surface area contributed by atoms with Gasteiger partial charge < -0.3 is 0 Å². The number of aromatic nitrogens is 2. The van der Waals surface area contributed by atoms with Gasteiger partial charge in [0, 0.05) is 6.54 Å². The summed E-state index contributed by atoms with van der Waals surface area (Å²) >= 11 is 0. The van der Waals surface area contributed by atoms with Crippen molar-refractivity contribution in [1.82, 2.24) is 14.5 Å². The van der Waals surface area contributed by atoms with Gasteiger partial charge in [0.2, 0.25) is 0 Å². The summed E-state index contributed by atoms with van der Waals surface area (Å²) in [6, 6.07) is 13.4. The van der Waals surface area contributed by atoms with Crippen molar-refractivity contribution in [2.24, 2.45) is 5.92 Å². The van der Waals surface area contributed by atoms with Gasteiger partial charge >= 0.3 is 0 Å². The van der Waals surface area contributed by atoms with Crippen LogP contribution in [0.25, 0.3) is 10.9 Å². The molecule has 2 aromatic carbocycles. The average Bonchev–Trinajstić information content (AvgIpc) is 2.97. The predicted octanol–water partition coefficient (Wildman–Crippen LogP) is 3.80. The second-order valence-corrected chi connectivity index (χ2v) is 7.75. The molecule has 0 aliphatic carbocycles. The van der Waals surface area contributed by atoms with Crippen molar-refractivity contribution in [2.45, 2.75) is 39.8 Å². The minimum atomic E-state index is -0.613. The molecule has 0 radical (unpaired) electrons. The summed E-state index contributed by atoms with van der Waals surface area (Å²) in [5.41, 5.74) is 1.22. The molecule has 3 aromatic rings. The molecule has 6 nitrogen and oxygen atoms in total. The lowest BCUT2D eigenvalue weighted by Crippen LogP contribution is -2.38. The second-order valence-electron chi connectivity index (χ2n) is 7.75. The van der Waals surface area contributed by atoms with E-state index in [9.17, 15) is 14.4 Å². The van der Waals surface area contributed by atoms with Crippen molar-refractivity contribution in [1.29, 1.82) is 0 Å². The molecule has 0 fully saturated rings. The number of para-hydroxylation sites is 1. The SMILES string of the molecule is CCC(c1nc2ccccc2c(=O)n1CC(C)C)N1C(=O)c2ccccc2C1=O. The van der Waals surface area contributed by atoms with E-state index in [-0.39, 0.29) is 23.3 Å². The van der Waals surface area contributed by atoms with Crippen LogP contribution in [0.3, 0.4) is 0 Å². The topological polar surface area (TPSA) is 72.3 Å². The monoisotopic (exact) mass is 389 g/mol. The van der Waals surface area contributed by atoms with Crippen LogP contribution >= 0.6 is 0 Å². The van der Waals surface area contributed by atoms with Crippen LogP contribution in [0.5, 0.6) is 0 Å². The zero-order valence-electron chi connectivity index (χ0n) is 16.8. The van der Waals surface area contributed by atoms with E-state index >= 15 is 0 Å². The van der Waals surface area contributed by atoms with E-state index in [1.54, 1.807) is 41.0 Å². The fourth-order valence-corrected chi connectivity index (χ4v) is 3.95. The highest BCUT2D eigenvalue weighted by Crippen LogP contribution is 2.33. The summed E-state index contributed by atoms with van der Waals surface area (Å²) < 4.78 is 1.63. The minimum Gasteiger partial charge on any atom is -0.294 e. The molecule has 1 aromatic heterocycles. The third-order valence-corrected chi connectivity index (χ3v) is 5.26. The Labute approximate surface area is 168 Å². The number of benzene rings is 2. The van der Waals surface area contributed by atoms with Crippen LogP contribution in [0.1, 0.15) is 59.8 Å². The molecule has 0 spiro atoms. The molecule has 0 saturated heterocycles. The third kappa shape index (κ3) is 3.05. The van der Waals surface area contributed by atoms with Gasteiger partial charge in [0.15, 0.2) is 0 Å². The van der Waals surface area contributed by atoms with E-state index in [4.69, 9.17) is 4.98 Å². The summed E-state index contributed by atoms with van der Waals surface area (Å²) in [4.78, 5) is 45.4. The van der Waals surface area contributed by atoms with E-state index in [0.717, 1.165) is 0 Å². The van der Waals surface area contributed by atoms with Gasteiger partial charge in [0.05, 0.1) is 28.1 Å². The number of carbonyl (C=O) groups is 2. The smallest absolute Gasteiger partial charge is 0.262 e. The number of carbonyl (C=O) groups excluding carboxylic acids is 2. The van der Waals surface area contributed by atoms with Crippen LogP contribution in [0.15, 0.2) is 53.3 Å². The molecule has 0 bridgehead atoms. The van der Waals surface area contributed by atoms with Crippen molar-refractivity contribution in [3.05, 3.63) is 75.8 Å². The molecular weight excluding hydrogens is 366 g/mol. The fraction of sp³-hybridized carbons (Fsp3) is 0.304. The van der Waals surface area contributed by atoms with E-state index in [2.05, 4.69) is 0 Å². The normalized spacial score (nSPS) is 14.7. The minimum absolute atomic E-state index is 0.144. The fourth-order valence-electron chi connectivity index (χ4n) is 3.95. The van der Waals surface area contributed by atoms with Gasteiger partial charge in [-0.25, -0.2) is 4.98 Å². The maximum atomic E-state index is 13.2. The number of hydrogen-bond acceptors (Lipinski definition) is 4. The van der Waals surface area contributed by atoms with Gasteiger partial charge in [0.25, 0.3) is 17.4 Å². The first-order chi connectivity index (χ1) is 13.9. The van der Waals surface area contributed by atoms with Crippen molar-refractivity contribution in [3.8, 4) is 0 Å². The van der Waals surface area contributed by atoms with Gasteiger partial charge in [-0.3, -0.25) is 23.9 Å². The Morgan fingerprint density at radius 2 is 1.48 bits per heavy atom. The molecule has 148 valence electrons. The summed E-state index contributed by atoms with van der Waals surface area (Å²) in [6.45, 7) is 6.41. The molecule has 2 amide bonds. The van der Waals surface area contributed by atoms with Gasteiger partial charge in [0.1, 0.15) is 5.82 Å². The number of hydrogen-bond donors (Lipinski definition) is 0. The van der Waals surface area contributed by atoms with Crippen LogP contribution in [-0.4, -0.2) is 26.3 Å². The molecule has 4 rings (SSSR count). The lowest BCUT2D eigenvalue weighted by atomic mass is 10.1. The van der Waals surface area contributed by atoms with E-state index in [1.165, 1.54) is 4.90 Å². The Hall–Kier alpha value is -3.28. The van der Waals surface area contributed by atoms with Crippen LogP contribution in [0.4, 0.5) is 0 Å². The highest BCUT2D eigenvalue weighted by molar-refractivity contribution is 6.21. The molecular formula is C23H23N3O3. The summed E-state index contributed by atoms with van der Waals surface area (Å²) in [7, 11) is 0. The number of fused-ring (bicyclic) bond motifs is 2. The predicted molar refractivity (Wildman–Crippen MR) is 111 cm³/mol. The van der Waals surface area contributed by atoms with Crippen LogP contribution in [0.2, 0.25) is 0 Å². The number of rotatable bonds is 5. The molecule has 1 unspecified atom stereocenters. The first kappa shape index (κ1) is 19.1. The molecule has 1 aliphatic heterocycles. The van der Waals surface area contributed by atoms with Gasteiger partial charge in [-0.15, -0.1) is 0 Å². The highest BCUT2D eigenvalue weighted by atomic mass is 16.2. The van der Waals surface area contributed by atoms with E-state index in [0.29, 0.717) is 40.8 Å². The van der Waals surface area contributed by atoms with Gasteiger partial charge in [-0.2, -0.15) is 0 Å². The lowest BCUT2D eigenvalue weighted by Gasteiger charge is -2.27. The van der Waals surface area contributed by atoms with Crippen molar-refractivity contribution < 1.29 is 9.59 Å². The Morgan fingerprint density at radius 3 is 2.07 bits per heavy atom. The molecule has 1 aliphatic rings. The number of nitrogens with zero attached hydrogens (tertiary/aromatic N) is 3. The Bertz CT molecular complexity index is 1140. The largest absolute Gasteiger partial charge is 0.294 e. The lowest BCUT2D eigenvalue weighted by molar-refractivity contribution is 0.0565. The molecule has 6 heteroatoms. The summed E-state index contributed by atoms with van der Waals surface area (Å²) in [5, 5.41) is 0.536. The third-order valence-electron chi connectivity index (χ3n) is 5.26. The summed E-state index contributed by atoms with van der Waals surface area (Å²) in [5.74, 6) is -0.0135. The van der Waals surface area contributed by atoms with E-state index in [1.807, 2.05) is 32.9 Å². The second kappa shape index (κ2) is 7.28. The Balaban J connectivity index is 1.91. The molecule has 2 heterocycles. The quantitative estimate of drug-likeness (QED) is 0.622. The van der Waals surface area contributed by atoms with Gasteiger partial charge in [-0.05, 0) is 36.6 Å². The maximum Gasteiger partial charge on any atom is 0.262 e. The highest BCUT2D eigenvalue weighted by Gasteiger charge is 2.41. The standard InChI is InChI=1S/C23H23N3O3/c1-4-19(26-22(28)15-9-5-6-10-16(15)23(26)29)20-24-18-12-8-7-11-17(18)21(27)25(20)13-14(2)3/h5-12,14,19H,4,13H2,1-3H3. The van der Waals surface area contributed by atoms with Gasteiger partial charge in [-0.1, -0.05) is 45.0 Å². The first-order valence-corrected chi connectivity index (χ1v) is 9.90.